The summed E-state index contributed by atoms with van der Waals surface area (Å²) in [5, 5.41) is 3.15. The topological polar surface area (TPSA) is 37.3 Å². The molecule has 0 bridgehead atoms. The molecule has 0 radical (unpaired) electrons. The van der Waals surface area contributed by atoms with Gasteiger partial charge in [0.15, 0.2) is 0 Å². The zero-order chi connectivity index (χ0) is 15.5. The van der Waals surface area contributed by atoms with Crippen molar-refractivity contribution in [3.05, 3.63) is 59.4 Å². The number of nitrogens with one attached hydrogen (secondary N) is 1. The number of nitrogens with zero attached hydrogens (tertiary/aromatic N) is 2. The van der Waals surface area contributed by atoms with Crippen LogP contribution >= 0.6 is 0 Å². The molecule has 22 heavy (non-hydrogen) atoms. The van der Waals surface area contributed by atoms with Crippen molar-refractivity contribution in [2.75, 3.05) is 19.6 Å². The van der Waals surface area contributed by atoms with E-state index in [1.165, 1.54) is 16.8 Å². The van der Waals surface area contributed by atoms with Gasteiger partial charge in [-0.15, -0.1) is 0 Å². The van der Waals surface area contributed by atoms with Crippen molar-refractivity contribution in [3.63, 3.8) is 0 Å². The maximum Gasteiger partial charge on any atom is 0.237 e. The van der Waals surface area contributed by atoms with Crippen LogP contribution in [0.15, 0.2) is 42.6 Å². The maximum absolute atomic E-state index is 12.6. The summed E-state index contributed by atoms with van der Waals surface area (Å²) in [5.74, 6) is 0.167. The van der Waals surface area contributed by atoms with Gasteiger partial charge in [0.1, 0.15) is 0 Å². The van der Waals surface area contributed by atoms with Crippen molar-refractivity contribution >= 4 is 5.91 Å². The minimum Gasteiger partial charge on any atom is -0.348 e. The smallest absolute Gasteiger partial charge is 0.237 e. The average molecular weight is 297 g/mol. The standard InChI is InChI=1S/C18H23N3O/c1-3-19-13-17(22)21-12-11-20-10-4-5-16(20)18(21)15-8-6-14(2)7-9-15/h4-10,18-19H,3,11-13H2,1-2H3. The van der Waals surface area contributed by atoms with Crippen LogP contribution in [0.1, 0.15) is 29.8 Å². The molecule has 0 fully saturated rings. The fourth-order valence-electron chi connectivity index (χ4n) is 3.09. The van der Waals surface area contributed by atoms with Crippen molar-refractivity contribution in [1.29, 1.82) is 0 Å². The average Bonchev–Trinajstić information content (AvgIpc) is 3.01. The molecule has 2 heterocycles. The van der Waals surface area contributed by atoms with Gasteiger partial charge < -0.3 is 14.8 Å². The third-order valence-corrected chi connectivity index (χ3v) is 4.28. The number of amides is 1. The molecule has 1 amide bonds. The largest absolute Gasteiger partial charge is 0.348 e. The van der Waals surface area contributed by atoms with E-state index >= 15 is 0 Å². The van der Waals surface area contributed by atoms with Crippen LogP contribution in [0.5, 0.6) is 0 Å². The Hall–Kier alpha value is -2.07. The van der Waals surface area contributed by atoms with Gasteiger partial charge >= 0.3 is 0 Å². The summed E-state index contributed by atoms with van der Waals surface area (Å²) >= 11 is 0. The highest BCUT2D eigenvalue weighted by atomic mass is 16.2. The summed E-state index contributed by atoms with van der Waals surface area (Å²) in [5.41, 5.74) is 3.61. The first-order valence-corrected chi connectivity index (χ1v) is 7.92. The van der Waals surface area contributed by atoms with Gasteiger partial charge in [-0.05, 0) is 31.2 Å². The van der Waals surface area contributed by atoms with Crippen LogP contribution in [0.2, 0.25) is 0 Å². The number of carbonyl (C=O) groups excluding carboxylic acids is 1. The highest BCUT2D eigenvalue weighted by molar-refractivity contribution is 5.79. The van der Waals surface area contributed by atoms with Gasteiger partial charge in [0.2, 0.25) is 5.91 Å². The SMILES string of the molecule is CCNCC(=O)N1CCn2cccc2C1c1ccc(C)cc1. The summed E-state index contributed by atoms with van der Waals surface area (Å²) in [6.07, 6.45) is 2.10. The van der Waals surface area contributed by atoms with Crippen LogP contribution in [0, 0.1) is 6.92 Å². The number of aryl methyl sites for hydroxylation is 1. The summed E-state index contributed by atoms with van der Waals surface area (Å²) in [7, 11) is 0. The lowest BCUT2D eigenvalue weighted by molar-refractivity contribution is -0.132. The van der Waals surface area contributed by atoms with Crippen LogP contribution < -0.4 is 5.32 Å². The molecule has 1 unspecified atom stereocenters. The number of fused-ring (bicyclic) bond motifs is 1. The molecule has 1 aliphatic rings. The molecule has 1 aromatic carbocycles. The summed E-state index contributed by atoms with van der Waals surface area (Å²) in [6, 6.07) is 12.7. The van der Waals surface area contributed by atoms with E-state index in [0.717, 1.165) is 19.6 Å². The van der Waals surface area contributed by atoms with Crippen molar-refractivity contribution in [2.24, 2.45) is 0 Å². The maximum atomic E-state index is 12.6. The molecular weight excluding hydrogens is 274 g/mol. The third kappa shape index (κ3) is 2.79. The van der Waals surface area contributed by atoms with Crippen molar-refractivity contribution in [1.82, 2.24) is 14.8 Å². The second-order valence-corrected chi connectivity index (χ2v) is 5.81. The van der Waals surface area contributed by atoms with E-state index in [4.69, 9.17) is 0 Å². The predicted octanol–water partition coefficient (Wildman–Crippen LogP) is 2.34. The van der Waals surface area contributed by atoms with Crippen molar-refractivity contribution in [2.45, 2.75) is 26.4 Å². The molecule has 4 nitrogen and oxygen atoms in total. The Morgan fingerprint density at radius 2 is 2.00 bits per heavy atom. The second kappa shape index (κ2) is 6.36. The number of likely N-dealkylation sites (N-methyl/N-ethyl adjacent to an activating group) is 1. The molecule has 3 rings (SSSR count). The van der Waals surface area contributed by atoms with E-state index in [2.05, 4.69) is 59.4 Å². The minimum atomic E-state index is 0.00973. The van der Waals surface area contributed by atoms with Crippen molar-refractivity contribution < 1.29 is 4.79 Å². The Morgan fingerprint density at radius 3 is 2.73 bits per heavy atom. The predicted molar refractivity (Wildman–Crippen MR) is 87.7 cm³/mol. The molecule has 4 heteroatoms. The van der Waals surface area contributed by atoms with Gasteiger partial charge in [-0.25, -0.2) is 0 Å². The molecular formula is C18H23N3O. The van der Waals surface area contributed by atoms with Gasteiger partial charge in [-0.1, -0.05) is 36.8 Å². The highest BCUT2D eigenvalue weighted by Gasteiger charge is 2.31. The number of hydrogen-bond donors (Lipinski definition) is 1. The minimum absolute atomic E-state index is 0.00973. The number of carbonyl (C=O) groups is 1. The first-order valence-electron chi connectivity index (χ1n) is 7.92. The number of rotatable bonds is 4. The van der Waals surface area contributed by atoms with E-state index < -0.39 is 0 Å². The molecule has 1 aromatic heterocycles. The van der Waals surface area contributed by atoms with E-state index in [1.54, 1.807) is 0 Å². The quantitative estimate of drug-likeness (QED) is 0.940. The first kappa shape index (κ1) is 14.9. The normalized spacial score (nSPS) is 17.4. The van der Waals surface area contributed by atoms with Gasteiger partial charge in [-0.2, -0.15) is 0 Å². The highest BCUT2D eigenvalue weighted by Crippen LogP contribution is 2.32. The Kier molecular flexibility index (Phi) is 4.29. The lowest BCUT2D eigenvalue weighted by atomic mass is 9.99. The van der Waals surface area contributed by atoms with E-state index in [9.17, 15) is 4.79 Å². The Bertz CT molecular complexity index is 645. The molecule has 0 aliphatic carbocycles. The van der Waals surface area contributed by atoms with E-state index in [-0.39, 0.29) is 11.9 Å². The van der Waals surface area contributed by atoms with Crippen molar-refractivity contribution in [3.8, 4) is 0 Å². The zero-order valence-electron chi connectivity index (χ0n) is 13.2. The molecule has 116 valence electrons. The van der Waals surface area contributed by atoms with E-state index in [1.807, 2.05) is 11.8 Å². The molecule has 1 atom stereocenters. The van der Waals surface area contributed by atoms with Gasteiger partial charge in [0, 0.05) is 25.0 Å². The lowest BCUT2D eigenvalue weighted by Crippen LogP contribution is -2.45. The molecule has 0 saturated heterocycles. The molecule has 1 N–H and O–H groups in total. The van der Waals surface area contributed by atoms with Gasteiger partial charge in [-0.3, -0.25) is 4.79 Å². The fourth-order valence-corrected chi connectivity index (χ4v) is 3.09. The number of benzene rings is 1. The van der Waals surface area contributed by atoms with Gasteiger partial charge in [0.05, 0.1) is 12.6 Å². The monoisotopic (exact) mass is 297 g/mol. The third-order valence-electron chi connectivity index (χ3n) is 4.28. The Labute approximate surface area is 131 Å². The van der Waals surface area contributed by atoms with Crippen LogP contribution in [-0.4, -0.2) is 35.0 Å². The molecule has 0 saturated carbocycles. The van der Waals surface area contributed by atoms with Crippen LogP contribution in [-0.2, 0) is 11.3 Å². The number of aromatic nitrogens is 1. The lowest BCUT2D eigenvalue weighted by Gasteiger charge is -2.37. The van der Waals surface area contributed by atoms with Gasteiger partial charge in [0.25, 0.3) is 0 Å². The second-order valence-electron chi connectivity index (χ2n) is 5.81. The Morgan fingerprint density at radius 1 is 1.23 bits per heavy atom. The summed E-state index contributed by atoms with van der Waals surface area (Å²) < 4.78 is 2.25. The summed E-state index contributed by atoms with van der Waals surface area (Å²) in [6.45, 7) is 6.94. The van der Waals surface area contributed by atoms with Crippen LogP contribution in [0.25, 0.3) is 0 Å². The Balaban J connectivity index is 1.95. The van der Waals surface area contributed by atoms with E-state index in [0.29, 0.717) is 6.54 Å². The zero-order valence-corrected chi connectivity index (χ0v) is 13.2. The summed E-state index contributed by atoms with van der Waals surface area (Å²) in [4.78, 5) is 14.6. The number of hydrogen-bond acceptors (Lipinski definition) is 2. The van der Waals surface area contributed by atoms with Crippen LogP contribution in [0.4, 0.5) is 0 Å². The molecule has 1 aliphatic heterocycles. The first-order chi connectivity index (χ1) is 10.7. The molecule has 2 aromatic rings. The fraction of sp³-hybridized carbons (Fsp3) is 0.389. The van der Waals surface area contributed by atoms with Crippen LogP contribution in [0.3, 0.4) is 0 Å². The molecule has 0 spiro atoms.